The van der Waals surface area contributed by atoms with Crippen molar-refractivity contribution in [1.82, 2.24) is 0 Å². The number of benzene rings is 1. The van der Waals surface area contributed by atoms with Crippen molar-refractivity contribution in [2.24, 2.45) is 10.8 Å². The molecule has 12 heteroatoms. The fourth-order valence-corrected chi connectivity index (χ4v) is 7.73. The number of alkyl halides is 6. The number of phosphoric acid groups is 1. The first-order chi connectivity index (χ1) is 13.0. The van der Waals surface area contributed by atoms with E-state index in [9.17, 15) is 4.57 Å². The van der Waals surface area contributed by atoms with E-state index in [1.165, 1.54) is 0 Å². The minimum atomic E-state index is -4.31. The monoisotopic (exact) mass is 812 g/mol. The molecular formula is C17H23Br6O5P. The van der Waals surface area contributed by atoms with Gasteiger partial charge < -0.3 is 4.89 Å². The van der Waals surface area contributed by atoms with Gasteiger partial charge in [0.05, 0.1) is 0 Å². The molecule has 0 radical (unpaired) electrons. The van der Waals surface area contributed by atoms with Gasteiger partial charge in [0.15, 0.2) is 12.6 Å². The Morgan fingerprint density at radius 2 is 1.21 bits per heavy atom. The summed E-state index contributed by atoms with van der Waals surface area (Å²) in [6.45, 7) is 9.53. The Balaban J connectivity index is 3.22. The molecule has 0 aliphatic rings. The first kappa shape index (κ1) is 29.0. The highest BCUT2D eigenvalue weighted by molar-refractivity contribution is 9.25. The predicted octanol–water partition coefficient (Wildman–Crippen LogP) is 9.18. The van der Waals surface area contributed by atoms with Gasteiger partial charge in [0.1, 0.15) is 0 Å². The Kier molecular flexibility index (Phi) is 11.0. The topological polar surface area (TPSA) is 54.0 Å². The van der Waals surface area contributed by atoms with Gasteiger partial charge in [-0.2, -0.15) is 0 Å². The van der Waals surface area contributed by atoms with E-state index in [1.54, 1.807) is 12.1 Å². The molecule has 1 aromatic rings. The fraction of sp³-hybridized carbons (Fsp3) is 0.647. The van der Waals surface area contributed by atoms with Crippen LogP contribution in [0.15, 0.2) is 24.3 Å². The van der Waals surface area contributed by atoms with Gasteiger partial charge in [-0.05, 0) is 82.8 Å². The second kappa shape index (κ2) is 11.0. The Labute approximate surface area is 223 Å². The van der Waals surface area contributed by atoms with Crippen LogP contribution in [0.2, 0.25) is 0 Å². The maximum Gasteiger partial charge on any atom is 0.515 e. The molecule has 29 heavy (non-hydrogen) atoms. The molecule has 168 valence electrons. The Bertz CT molecular complexity index is 690. The lowest BCUT2D eigenvalue weighted by Crippen LogP contribution is -2.40. The summed E-state index contributed by atoms with van der Waals surface area (Å²) < 4.78 is 28.1. The smallest absolute Gasteiger partial charge is 0.327 e. The van der Waals surface area contributed by atoms with Crippen LogP contribution in [-0.4, -0.2) is 17.5 Å². The highest BCUT2D eigenvalue weighted by Gasteiger charge is 2.54. The van der Waals surface area contributed by atoms with Crippen LogP contribution in [0.5, 0.6) is 5.75 Å². The summed E-state index contributed by atoms with van der Waals surface area (Å²) in [7, 11) is -4.31. The van der Waals surface area contributed by atoms with E-state index in [0.29, 0.717) is 16.4 Å². The van der Waals surface area contributed by atoms with Crippen LogP contribution in [0.3, 0.4) is 0 Å². The van der Waals surface area contributed by atoms with Crippen LogP contribution >= 0.6 is 103 Å². The van der Waals surface area contributed by atoms with Crippen LogP contribution < -0.4 is 4.89 Å². The molecule has 0 atom stereocenters. The highest BCUT2D eigenvalue weighted by atomic mass is 79.9. The second-order valence-electron chi connectivity index (χ2n) is 7.67. The average Bonchev–Trinajstić information content (AvgIpc) is 2.59. The van der Waals surface area contributed by atoms with Crippen molar-refractivity contribution in [2.75, 3.05) is 10.7 Å². The molecule has 1 rings (SSSR count). The second-order valence-corrected chi connectivity index (χ2v) is 16.8. The van der Waals surface area contributed by atoms with Crippen LogP contribution in [-0.2, 0) is 18.3 Å². The third-order valence-electron chi connectivity index (χ3n) is 3.94. The van der Waals surface area contributed by atoms with Crippen LogP contribution in [0.4, 0.5) is 0 Å². The SMILES string of the molecule is Cc1ccc(OOP(=O)(OC(Br)(Br)C(C)(C)CBr)OC(Br)(Br)C(C)(C)CBr)cc1. The third-order valence-corrected chi connectivity index (χ3v) is 13.9. The molecule has 0 fully saturated rings. The molecule has 0 aromatic heterocycles. The van der Waals surface area contributed by atoms with E-state index in [-0.39, 0.29) is 0 Å². The fourth-order valence-electron chi connectivity index (χ4n) is 1.42. The lowest BCUT2D eigenvalue weighted by Gasteiger charge is -2.41. The molecule has 0 spiro atoms. The maximum absolute atomic E-state index is 13.7. The maximum atomic E-state index is 13.7. The van der Waals surface area contributed by atoms with Gasteiger partial charge in [0.25, 0.3) is 0 Å². The molecule has 0 aliphatic carbocycles. The summed E-state index contributed by atoms with van der Waals surface area (Å²) in [5.41, 5.74) is -0.0530. The van der Waals surface area contributed by atoms with E-state index < -0.39 is 25.5 Å². The molecule has 0 aliphatic heterocycles. The molecular weight excluding hydrogens is 795 g/mol. The van der Waals surface area contributed by atoms with E-state index in [1.807, 2.05) is 46.8 Å². The minimum Gasteiger partial charge on any atom is -0.327 e. The predicted molar refractivity (Wildman–Crippen MR) is 139 cm³/mol. The zero-order valence-corrected chi connectivity index (χ0v) is 26.9. The van der Waals surface area contributed by atoms with Crippen molar-refractivity contribution in [3.63, 3.8) is 0 Å². The minimum absolute atomic E-state index is 0.354. The third kappa shape index (κ3) is 8.07. The van der Waals surface area contributed by atoms with Crippen LogP contribution in [0.1, 0.15) is 33.3 Å². The summed E-state index contributed by atoms with van der Waals surface area (Å²) in [6.07, 6.45) is 0. The average molecular weight is 818 g/mol. The van der Waals surface area contributed by atoms with Crippen LogP contribution in [0, 0.1) is 17.8 Å². The first-order valence-corrected chi connectivity index (χ1v) is 15.2. The van der Waals surface area contributed by atoms with Gasteiger partial charge in [-0.25, -0.2) is 4.57 Å². The summed E-state index contributed by atoms with van der Waals surface area (Å²) in [4.78, 5) is 5.29. The largest absolute Gasteiger partial charge is 0.515 e. The molecule has 0 saturated heterocycles. The van der Waals surface area contributed by atoms with Gasteiger partial charge in [-0.3, -0.25) is 9.05 Å². The quantitative estimate of drug-likeness (QED) is 0.0966. The van der Waals surface area contributed by atoms with Crippen molar-refractivity contribution in [1.29, 1.82) is 0 Å². The highest BCUT2D eigenvalue weighted by Crippen LogP contribution is 2.65. The number of halogens is 6. The number of rotatable bonds is 11. The first-order valence-electron chi connectivity index (χ1n) is 8.33. The number of phosphoric ester groups is 1. The van der Waals surface area contributed by atoms with E-state index in [4.69, 9.17) is 18.6 Å². The van der Waals surface area contributed by atoms with E-state index in [2.05, 4.69) is 95.6 Å². The zero-order valence-electron chi connectivity index (χ0n) is 16.5. The van der Waals surface area contributed by atoms with Gasteiger partial charge >= 0.3 is 7.82 Å². The molecule has 0 heterocycles. The molecule has 0 bridgehead atoms. The Hall–Kier alpha value is 2.01. The van der Waals surface area contributed by atoms with Gasteiger partial charge in [0.2, 0.25) is 0 Å². The van der Waals surface area contributed by atoms with E-state index in [0.717, 1.165) is 5.56 Å². The number of hydrogen-bond acceptors (Lipinski definition) is 5. The standard InChI is InChI=1S/C17H23Br6O5P/c1-12-6-8-13(9-7-12)25-28-29(24,26-16(20,21)14(2,3)10-18)27-17(22,23)15(4,5)11-19/h6-9H,10-11H2,1-5H3. The van der Waals surface area contributed by atoms with Crippen molar-refractivity contribution >= 4 is 103 Å². The zero-order chi connectivity index (χ0) is 22.7. The van der Waals surface area contributed by atoms with Crippen LogP contribution in [0.25, 0.3) is 0 Å². The lowest BCUT2D eigenvalue weighted by atomic mass is 9.98. The molecule has 0 saturated carbocycles. The van der Waals surface area contributed by atoms with Gasteiger partial charge in [0, 0.05) is 21.5 Å². The van der Waals surface area contributed by atoms with Crippen molar-refractivity contribution in [2.45, 2.75) is 41.5 Å². The van der Waals surface area contributed by atoms with E-state index >= 15 is 0 Å². The molecule has 0 N–H and O–H groups in total. The normalized spacial score (nSPS) is 14.2. The summed E-state index contributed by atoms with van der Waals surface area (Å²) in [5, 5.41) is 1.05. The molecule has 0 unspecified atom stereocenters. The summed E-state index contributed by atoms with van der Waals surface area (Å²) in [5.74, 6) is 0.354. The van der Waals surface area contributed by atoms with Gasteiger partial charge in [-0.1, -0.05) is 81.9 Å². The summed E-state index contributed by atoms with van der Waals surface area (Å²) >= 11 is 20.7. The molecule has 5 nitrogen and oxygen atoms in total. The molecule has 1 aromatic carbocycles. The number of hydrogen-bond donors (Lipinski definition) is 0. The molecule has 0 amide bonds. The van der Waals surface area contributed by atoms with Crippen molar-refractivity contribution in [3.05, 3.63) is 29.8 Å². The number of aryl methyl sites for hydroxylation is 1. The summed E-state index contributed by atoms with van der Waals surface area (Å²) in [6, 6.07) is 7.06. The van der Waals surface area contributed by atoms with Crippen molar-refractivity contribution < 1.29 is 23.2 Å². The van der Waals surface area contributed by atoms with Gasteiger partial charge in [-0.15, -0.1) is 0 Å². The lowest BCUT2D eigenvalue weighted by molar-refractivity contribution is -0.142. The Morgan fingerprint density at radius 1 is 0.828 bits per heavy atom. The Morgan fingerprint density at radius 3 is 1.55 bits per heavy atom. The van der Waals surface area contributed by atoms with Crippen molar-refractivity contribution in [3.8, 4) is 5.75 Å².